The second kappa shape index (κ2) is 4.67. The summed E-state index contributed by atoms with van der Waals surface area (Å²) in [7, 11) is 0. The number of hydrogen-bond acceptors (Lipinski definition) is 2. The van der Waals surface area contributed by atoms with Crippen LogP contribution in [-0.2, 0) is 0 Å². The van der Waals surface area contributed by atoms with Crippen LogP contribution in [0.3, 0.4) is 0 Å². The van der Waals surface area contributed by atoms with Crippen LogP contribution in [0.5, 0.6) is 0 Å². The van der Waals surface area contributed by atoms with E-state index in [0.717, 1.165) is 11.4 Å². The molecule has 0 bridgehead atoms. The second-order valence-corrected chi connectivity index (χ2v) is 4.49. The summed E-state index contributed by atoms with van der Waals surface area (Å²) in [5.41, 5.74) is 2.79. The minimum atomic E-state index is -0.0335. The van der Waals surface area contributed by atoms with Gasteiger partial charge in [-0.1, -0.05) is 11.6 Å². The van der Waals surface area contributed by atoms with Crippen LogP contribution in [0, 0.1) is 25.2 Å². The first-order valence-electron chi connectivity index (χ1n) is 5.43. The molecule has 0 radical (unpaired) electrons. The van der Waals surface area contributed by atoms with E-state index in [0.29, 0.717) is 16.3 Å². The van der Waals surface area contributed by atoms with Gasteiger partial charge in [-0.2, -0.15) is 5.26 Å². The lowest BCUT2D eigenvalue weighted by atomic mass is 10.2. The normalized spacial score (nSPS) is 10.1. The Labute approximate surface area is 110 Å². The standard InChI is InChI=1S/C14H11ClN2O/c1-9-5-12(18)6-10(2)17(9)14-7-11(8-16)3-4-13(14)15/h3-7H,1-2H3. The summed E-state index contributed by atoms with van der Waals surface area (Å²) in [5, 5.41) is 9.48. The molecule has 0 amide bonds. The van der Waals surface area contributed by atoms with Crippen molar-refractivity contribution in [3.63, 3.8) is 0 Å². The van der Waals surface area contributed by atoms with Crippen LogP contribution in [0.2, 0.25) is 5.02 Å². The Balaban J connectivity index is 2.77. The monoisotopic (exact) mass is 258 g/mol. The minimum Gasteiger partial charge on any atom is -0.317 e. The number of benzene rings is 1. The Hall–Kier alpha value is -2.05. The van der Waals surface area contributed by atoms with Crippen molar-refractivity contribution in [2.75, 3.05) is 0 Å². The molecule has 3 nitrogen and oxygen atoms in total. The maximum Gasteiger partial charge on any atom is 0.182 e. The molecule has 0 spiro atoms. The third-order valence-corrected chi connectivity index (χ3v) is 3.04. The number of aryl methyl sites for hydroxylation is 2. The molecule has 0 aliphatic rings. The summed E-state index contributed by atoms with van der Waals surface area (Å²) in [6.45, 7) is 3.67. The van der Waals surface area contributed by atoms with Crippen molar-refractivity contribution in [1.29, 1.82) is 5.26 Å². The molecule has 0 aliphatic heterocycles. The molecule has 0 N–H and O–H groups in total. The molecule has 0 atom stereocenters. The van der Waals surface area contributed by atoms with Gasteiger partial charge in [-0.05, 0) is 32.0 Å². The predicted octanol–water partition coefficient (Wildman–Crippen LogP) is 2.98. The van der Waals surface area contributed by atoms with Gasteiger partial charge in [-0.25, -0.2) is 0 Å². The lowest BCUT2D eigenvalue weighted by Gasteiger charge is -2.15. The smallest absolute Gasteiger partial charge is 0.182 e. The number of pyridine rings is 1. The van der Waals surface area contributed by atoms with Gasteiger partial charge in [-0.15, -0.1) is 0 Å². The van der Waals surface area contributed by atoms with E-state index in [4.69, 9.17) is 16.9 Å². The lowest BCUT2D eigenvalue weighted by Crippen LogP contribution is -2.11. The zero-order valence-corrected chi connectivity index (χ0v) is 10.8. The molecule has 0 saturated carbocycles. The summed E-state index contributed by atoms with van der Waals surface area (Å²) in [6.07, 6.45) is 0. The molecule has 0 fully saturated rings. The number of rotatable bonds is 1. The van der Waals surface area contributed by atoms with Crippen LogP contribution in [0.4, 0.5) is 0 Å². The first-order valence-corrected chi connectivity index (χ1v) is 5.81. The molecule has 1 aromatic carbocycles. The highest BCUT2D eigenvalue weighted by Crippen LogP contribution is 2.23. The second-order valence-electron chi connectivity index (χ2n) is 4.09. The minimum absolute atomic E-state index is 0.0335. The molecule has 0 aliphatic carbocycles. The van der Waals surface area contributed by atoms with Crippen LogP contribution in [0.15, 0.2) is 35.1 Å². The van der Waals surface area contributed by atoms with Gasteiger partial charge in [0.15, 0.2) is 5.43 Å². The third-order valence-electron chi connectivity index (χ3n) is 2.72. The Bertz CT molecular complexity index is 684. The summed E-state index contributed by atoms with van der Waals surface area (Å²) >= 11 is 6.16. The Kier molecular flexibility index (Phi) is 3.22. The van der Waals surface area contributed by atoms with Crippen molar-refractivity contribution < 1.29 is 0 Å². The Morgan fingerprint density at radius 2 is 1.78 bits per heavy atom. The Morgan fingerprint density at radius 1 is 1.17 bits per heavy atom. The average Bonchev–Trinajstić information content (AvgIpc) is 2.30. The van der Waals surface area contributed by atoms with Gasteiger partial charge in [0.1, 0.15) is 0 Å². The third kappa shape index (κ3) is 2.15. The highest BCUT2D eigenvalue weighted by molar-refractivity contribution is 6.32. The Morgan fingerprint density at radius 3 is 2.33 bits per heavy atom. The molecular formula is C14H11ClN2O. The van der Waals surface area contributed by atoms with Gasteiger partial charge in [0.25, 0.3) is 0 Å². The maximum absolute atomic E-state index is 11.4. The van der Waals surface area contributed by atoms with E-state index in [9.17, 15) is 4.79 Å². The van der Waals surface area contributed by atoms with Gasteiger partial charge in [0.2, 0.25) is 0 Å². The first kappa shape index (κ1) is 12.4. The van der Waals surface area contributed by atoms with E-state index in [2.05, 4.69) is 6.07 Å². The summed E-state index contributed by atoms with van der Waals surface area (Å²) in [5.74, 6) is 0. The van der Waals surface area contributed by atoms with E-state index in [1.807, 2.05) is 18.4 Å². The van der Waals surface area contributed by atoms with Crippen molar-refractivity contribution in [1.82, 2.24) is 4.57 Å². The van der Waals surface area contributed by atoms with Gasteiger partial charge >= 0.3 is 0 Å². The number of nitrogens with zero attached hydrogens (tertiary/aromatic N) is 2. The number of halogens is 1. The van der Waals surface area contributed by atoms with Crippen LogP contribution in [-0.4, -0.2) is 4.57 Å². The van der Waals surface area contributed by atoms with Gasteiger partial charge in [0.05, 0.1) is 22.3 Å². The van der Waals surface area contributed by atoms with E-state index in [-0.39, 0.29) is 5.43 Å². The number of hydrogen-bond donors (Lipinski definition) is 0. The molecule has 0 unspecified atom stereocenters. The van der Waals surface area contributed by atoms with E-state index in [1.165, 1.54) is 0 Å². The first-order chi connectivity index (χ1) is 8.52. The quantitative estimate of drug-likeness (QED) is 0.789. The van der Waals surface area contributed by atoms with Gasteiger partial charge in [0, 0.05) is 23.5 Å². The molecular weight excluding hydrogens is 248 g/mol. The highest BCUT2D eigenvalue weighted by atomic mass is 35.5. The molecule has 2 rings (SSSR count). The van der Waals surface area contributed by atoms with Crippen molar-refractivity contribution in [3.05, 3.63) is 62.5 Å². The summed E-state index contributed by atoms with van der Waals surface area (Å²) < 4.78 is 1.87. The van der Waals surface area contributed by atoms with E-state index >= 15 is 0 Å². The van der Waals surface area contributed by atoms with E-state index < -0.39 is 0 Å². The zero-order valence-electron chi connectivity index (χ0n) is 10.1. The van der Waals surface area contributed by atoms with Crippen LogP contribution < -0.4 is 5.43 Å². The van der Waals surface area contributed by atoms with Gasteiger partial charge in [-0.3, -0.25) is 4.79 Å². The van der Waals surface area contributed by atoms with Crippen LogP contribution in [0.1, 0.15) is 17.0 Å². The van der Waals surface area contributed by atoms with E-state index in [1.54, 1.807) is 30.3 Å². The number of aromatic nitrogens is 1. The molecule has 1 heterocycles. The summed E-state index contributed by atoms with van der Waals surface area (Å²) in [6, 6.07) is 10.2. The summed E-state index contributed by atoms with van der Waals surface area (Å²) in [4.78, 5) is 11.4. The molecule has 1 aromatic heterocycles. The van der Waals surface area contributed by atoms with Crippen LogP contribution in [0.25, 0.3) is 5.69 Å². The fourth-order valence-corrected chi connectivity index (χ4v) is 2.20. The van der Waals surface area contributed by atoms with Crippen LogP contribution >= 0.6 is 11.6 Å². The highest BCUT2D eigenvalue weighted by Gasteiger charge is 2.08. The number of nitriles is 1. The molecule has 18 heavy (non-hydrogen) atoms. The predicted molar refractivity (Wildman–Crippen MR) is 71.2 cm³/mol. The average molecular weight is 259 g/mol. The fraction of sp³-hybridized carbons (Fsp3) is 0.143. The van der Waals surface area contributed by atoms with Crippen molar-refractivity contribution in [2.24, 2.45) is 0 Å². The SMILES string of the molecule is Cc1cc(=O)cc(C)n1-c1cc(C#N)ccc1Cl. The lowest BCUT2D eigenvalue weighted by molar-refractivity contribution is 0.922. The molecule has 90 valence electrons. The van der Waals surface area contributed by atoms with Crippen molar-refractivity contribution in [2.45, 2.75) is 13.8 Å². The van der Waals surface area contributed by atoms with Crippen molar-refractivity contribution >= 4 is 11.6 Å². The maximum atomic E-state index is 11.4. The van der Waals surface area contributed by atoms with Gasteiger partial charge < -0.3 is 4.57 Å². The largest absolute Gasteiger partial charge is 0.317 e. The fourth-order valence-electron chi connectivity index (χ4n) is 1.99. The topological polar surface area (TPSA) is 45.8 Å². The molecule has 2 aromatic rings. The zero-order chi connectivity index (χ0) is 13.3. The molecule has 0 saturated heterocycles. The van der Waals surface area contributed by atoms with Crippen molar-refractivity contribution in [3.8, 4) is 11.8 Å². The molecule has 4 heteroatoms.